The molecular weight excluding hydrogens is 252 g/mol. The van der Waals surface area contributed by atoms with E-state index >= 15 is 0 Å². The lowest BCUT2D eigenvalue weighted by atomic mass is 10.2. The molecule has 18 heavy (non-hydrogen) atoms. The third kappa shape index (κ3) is 2.40. The van der Waals surface area contributed by atoms with E-state index < -0.39 is 10.0 Å². The normalized spacial score (nSPS) is 11.2. The molecule has 0 fully saturated rings. The quantitative estimate of drug-likeness (QED) is 0.811. The Balaban J connectivity index is 2.44. The Hall–Kier alpha value is -2.15. The number of hydrogen-bond acceptors (Lipinski definition) is 5. The highest BCUT2D eigenvalue weighted by molar-refractivity contribution is 7.93. The van der Waals surface area contributed by atoms with Crippen LogP contribution in [0.3, 0.4) is 0 Å². The van der Waals surface area contributed by atoms with Gasteiger partial charge in [0.25, 0.3) is 10.0 Å². The number of sulfonamides is 1. The van der Waals surface area contributed by atoms with Crippen molar-refractivity contribution in [3.63, 3.8) is 0 Å². The van der Waals surface area contributed by atoms with Crippen molar-refractivity contribution < 1.29 is 8.42 Å². The van der Waals surface area contributed by atoms with E-state index in [9.17, 15) is 8.42 Å². The molecule has 0 saturated heterocycles. The maximum absolute atomic E-state index is 12.2. The summed E-state index contributed by atoms with van der Waals surface area (Å²) in [5.41, 5.74) is 6.48. The monoisotopic (exact) mass is 264 g/mol. The number of hydrogen-bond donors (Lipinski definition) is 2. The average Bonchev–Trinajstić information content (AvgIpc) is 2.28. The van der Waals surface area contributed by atoms with Gasteiger partial charge in [-0.15, -0.1) is 5.10 Å². The number of benzene rings is 1. The fraction of sp³-hybridized carbons (Fsp3) is 0.0909. The molecular formula is C11H12N4O2S. The summed E-state index contributed by atoms with van der Waals surface area (Å²) in [6.45, 7) is 1.68. The predicted molar refractivity (Wildman–Crippen MR) is 68.4 cm³/mol. The van der Waals surface area contributed by atoms with E-state index in [4.69, 9.17) is 5.73 Å². The van der Waals surface area contributed by atoms with Gasteiger partial charge in [0.2, 0.25) is 0 Å². The van der Waals surface area contributed by atoms with Crippen molar-refractivity contribution >= 4 is 21.5 Å². The van der Waals surface area contributed by atoms with Gasteiger partial charge in [0.05, 0.1) is 5.69 Å². The van der Waals surface area contributed by atoms with Gasteiger partial charge in [0.1, 0.15) is 4.90 Å². The van der Waals surface area contributed by atoms with Gasteiger partial charge < -0.3 is 5.73 Å². The summed E-state index contributed by atoms with van der Waals surface area (Å²) in [6, 6.07) is 8.02. The zero-order chi connectivity index (χ0) is 13.2. The zero-order valence-electron chi connectivity index (χ0n) is 9.66. The van der Waals surface area contributed by atoms with Gasteiger partial charge in [-0.1, -0.05) is 12.1 Å². The SMILES string of the molecule is Cc1cccc(N)c1S(=O)(=O)Nc1cccnn1. The molecule has 0 spiro atoms. The molecule has 94 valence electrons. The molecule has 1 heterocycles. The van der Waals surface area contributed by atoms with Gasteiger partial charge in [0, 0.05) is 6.20 Å². The summed E-state index contributed by atoms with van der Waals surface area (Å²) < 4.78 is 26.7. The van der Waals surface area contributed by atoms with Crippen molar-refractivity contribution in [2.45, 2.75) is 11.8 Å². The van der Waals surface area contributed by atoms with E-state index in [2.05, 4.69) is 14.9 Å². The Kier molecular flexibility index (Phi) is 3.15. The molecule has 0 amide bonds. The van der Waals surface area contributed by atoms with Gasteiger partial charge in [-0.2, -0.15) is 5.10 Å². The topological polar surface area (TPSA) is 98.0 Å². The van der Waals surface area contributed by atoms with Gasteiger partial charge in [-0.05, 0) is 30.7 Å². The zero-order valence-corrected chi connectivity index (χ0v) is 10.5. The standard InChI is InChI=1S/C11H12N4O2S/c1-8-4-2-5-9(12)11(8)18(16,17)15-10-6-3-7-13-14-10/h2-7H,12H2,1H3,(H,14,15). The summed E-state index contributed by atoms with van der Waals surface area (Å²) in [5, 5.41) is 7.27. The first-order valence-corrected chi connectivity index (χ1v) is 6.64. The molecule has 3 N–H and O–H groups in total. The van der Waals surface area contributed by atoms with Crippen molar-refractivity contribution in [1.29, 1.82) is 0 Å². The smallest absolute Gasteiger partial charge is 0.265 e. The molecule has 2 rings (SSSR count). The van der Waals surface area contributed by atoms with Crippen molar-refractivity contribution in [1.82, 2.24) is 10.2 Å². The largest absolute Gasteiger partial charge is 0.398 e. The van der Waals surface area contributed by atoms with Crippen LogP contribution in [0.25, 0.3) is 0 Å². The molecule has 0 aliphatic heterocycles. The second-order valence-corrected chi connectivity index (χ2v) is 5.33. The van der Waals surface area contributed by atoms with Gasteiger partial charge in [-0.3, -0.25) is 4.72 Å². The van der Waals surface area contributed by atoms with Crippen molar-refractivity contribution in [2.24, 2.45) is 0 Å². The first-order valence-electron chi connectivity index (χ1n) is 5.16. The molecule has 2 aromatic rings. The molecule has 0 saturated carbocycles. The molecule has 0 atom stereocenters. The molecule has 1 aromatic carbocycles. The fourth-order valence-electron chi connectivity index (χ4n) is 1.59. The lowest BCUT2D eigenvalue weighted by Gasteiger charge is -2.11. The first kappa shape index (κ1) is 12.3. The Morgan fingerprint density at radius 1 is 1.22 bits per heavy atom. The lowest BCUT2D eigenvalue weighted by molar-refractivity contribution is 0.600. The minimum Gasteiger partial charge on any atom is -0.398 e. The lowest BCUT2D eigenvalue weighted by Crippen LogP contribution is -2.17. The Morgan fingerprint density at radius 2 is 2.00 bits per heavy atom. The van der Waals surface area contributed by atoms with Crippen LogP contribution in [0.2, 0.25) is 0 Å². The van der Waals surface area contributed by atoms with Crippen molar-refractivity contribution in [3.05, 3.63) is 42.1 Å². The summed E-state index contributed by atoms with van der Waals surface area (Å²) in [5.74, 6) is 0.153. The molecule has 0 bridgehead atoms. The number of rotatable bonds is 3. The van der Waals surface area contributed by atoms with Crippen LogP contribution in [0.15, 0.2) is 41.4 Å². The minimum absolute atomic E-state index is 0.0654. The summed E-state index contributed by atoms with van der Waals surface area (Å²) in [6.07, 6.45) is 1.46. The van der Waals surface area contributed by atoms with E-state index in [0.717, 1.165) is 0 Å². The van der Waals surface area contributed by atoms with E-state index in [1.807, 2.05) is 0 Å². The van der Waals surface area contributed by atoms with Crippen LogP contribution in [-0.4, -0.2) is 18.6 Å². The minimum atomic E-state index is -3.75. The number of nitrogens with one attached hydrogen (secondary N) is 1. The molecule has 0 aliphatic carbocycles. The maximum Gasteiger partial charge on any atom is 0.265 e. The number of nitrogens with two attached hydrogens (primary N) is 1. The van der Waals surface area contributed by atoms with E-state index in [0.29, 0.717) is 5.56 Å². The second-order valence-electron chi connectivity index (χ2n) is 3.71. The highest BCUT2D eigenvalue weighted by Gasteiger charge is 2.20. The summed E-state index contributed by atoms with van der Waals surface area (Å²) >= 11 is 0. The Bertz CT molecular complexity index is 636. The summed E-state index contributed by atoms with van der Waals surface area (Å²) in [4.78, 5) is 0.0654. The van der Waals surface area contributed by atoms with E-state index in [1.165, 1.54) is 18.3 Å². The number of anilines is 2. The van der Waals surface area contributed by atoms with Gasteiger partial charge in [-0.25, -0.2) is 8.42 Å². The van der Waals surface area contributed by atoms with Gasteiger partial charge in [0.15, 0.2) is 5.82 Å². The molecule has 0 radical (unpaired) electrons. The second kappa shape index (κ2) is 4.61. The van der Waals surface area contributed by atoms with Crippen LogP contribution in [0, 0.1) is 6.92 Å². The van der Waals surface area contributed by atoms with Crippen LogP contribution in [-0.2, 0) is 10.0 Å². The number of nitrogen functional groups attached to an aromatic ring is 1. The predicted octanol–water partition coefficient (Wildman–Crippen LogP) is 1.17. The summed E-state index contributed by atoms with van der Waals surface area (Å²) in [7, 11) is -3.75. The number of nitrogens with zero attached hydrogens (tertiary/aromatic N) is 2. The number of aromatic nitrogens is 2. The van der Waals surface area contributed by atoms with Gasteiger partial charge >= 0.3 is 0 Å². The number of aryl methyl sites for hydroxylation is 1. The third-order valence-electron chi connectivity index (χ3n) is 2.32. The average molecular weight is 264 g/mol. The molecule has 6 nitrogen and oxygen atoms in total. The molecule has 0 unspecified atom stereocenters. The maximum atomic E-state index is 12.2. The van der Waals surface area contributed by atoms with Crippen LogP contribution in [0.5, 0.6) is 0 Å². The highest BCUT2D eigenvalue weighted by atomic mass is 32.2. The van der Waals surface area contributed by atoms with Crippen molar-refractivity contribution in [2.75, 3.05) is 10.5 Å². The van der Waals surface area contributed by atoms with Crippen LogP contribution in [0.4, 0.5) is 11.5 Å². The van der Waals surface area contributed by atoms with Crippen LogP contribution < -0.4 is 10.5 Å². The van der Waals surface area contributed by atoms with Crippen LogP contribution in [0.1, 0.15) is 5.56 Å². The Morgan fingerprint density at radius 3 is 2.61 bits per heavy atom. The molecule has 0 aliphatic rings. The van der Waals surface area contributed by atoms with Crippen molar-refractivity contribution in [3.8, 4) is 0 Å². The molecule has 7 heteroatoms. The van der Waals surface area contributed by atoms with E-state index in [-0.39, 0.29) is 16.4 Å². The Labute approximate surface area is 105 Å². The third-order valence-corrected chi connectivity index (χ3v) is 3.90. The first-order chi connectivity index (χ1) is 8.50. The highest BCUT2D eigenvalue weighted by Crippen LogP contribution is 2.23. The van der Waals surface area contributed by atoms with E-state index in [1.54, 1.807) is 25.1 Å². The fourth-order valence-corrected chi connectivity index (χ4v) is 2.94. The molecule has 1 aromatic heterocycles. The van der Waals surface area contributed by atoms with Crippen LogP contribution >= 0.6 is 0 Å².